The molecule has 1 aromatic rings. The molecule has 1 aliphatic heterocycles. The molecule has 5 nitrogen and oxygen atoms in total. The second-order valence-electron chi connectivity index (χ2n) is 4.45. The van der Waals surface area contributed by atoms with E-state index in [0.717, 1.165) is 10.5 Å². The van der Waals surface area contributed by atoms with E-state index in [4.69, 9.17) is 0 Å². The Kier molecular flexibility index (Phi) is 4.14. The van der Waals surface area contributed by atoms with Crippen molar-refractivity contribution in [2.24, 2.45) is 0 Å². The van der Waals surface area contributed by atoms with Crippen LogP contribution in [0.15, 0.2) is 36.2 Å². The van der Waals surface area contributed by atoms with Crippen molar-refractivity contribution in [1.29, 1.82) is 0 Å². The smallest absolute Gasteiger partial charge is 0.416 e. The number of aliphatic hydroxyl groups excluding tert-OH is 1. The average Bonchev–Trinajstić information content (AvgIpc) is 2.85. The number of ether oxygens (including phenoxy) is 1. The maximum Gasteiger partial charge on any atom is 0.416 e. The minimum atomic E-state index is -1.53. The quantitative estimate of drug-likeness (QED) is 0.858. The van der Waals surface area contributed by atoms with Crippen LogP contribution in [0.5, 0.6) is 0 Å². The highest BCUT2D eigenvalue weighted by Gasteiger charge is 2.28. The van der Waals surface area contributed by atoms with Gasteiger partial charge in [-0.2, -0.15) is 0 Å². The predicted octanol–water partition coefficient (Wildman–Crippen LogP) is 1.86. The first kappa shape index (κ1) is 14.2. The Morgan fingerprint density at radius 1 is 1.45 bits per heavy atom. The molecule has 0 aliphatic carbocycles. The molecule has 0 radical (unpaired) electrons. The van der Waals surface area contributed by atoms with Gasteiger partial charge in [-0.05, 0) is 12.5 Å². The highest BCUT2D eigenvalue weighted by atomic mass is 19.1. The number of nitrogens with zero attached hydrogens (tertiary/aromatic N) is 1. The highest BCUT2D eigenvalue weighted by Crippen LogP contribution is 2.23. The van der Waals surface area contributed by atoms with E-state index in [1.165, 1.54) is 0 Å². The molecule has 1 saturated heterocycles. The van der Waals surface area contributed by atoms with Gasteiger partial charge in [0.1, 0.15) is 18.5 Å². The van der Waals surface area contributed by atoms with Crippen LogP contribution in [-0.2, 0) is 9.53 Å². The molecule has 1 N–H and O–H groups in total. The number of imide groups is 1. The maximum absolute atomic E-state index is 13.8. The molecule has 1 unspecified atom stereocenters. The van der Waals surface area contributed by atoms with E-state index in [9.17, 15) is 19.1 Å². The minimum absolute atomic E-state index is 0.0854. The van der Waals surface area contributed by atoms with E-state index in [-0.39, 0.29) is 13.2 Å². The molecule has 2 rings (SSSR count). The molecule has 106 valence electrons. The average molecular weight is 279 g/mol. The number of hydrogen-bond donors (Lipinski definition) is 1. The third kappa shape index (κ3) is 3.03. The van der Waals surface area contributed by atoms with Gasteiger partial charge in [-0.25, -0.2) is 14.1 Å². The number of cyclic esters (lactones) is 1. The van der Waals surface area contributed by atoms with Crippen molar-refractivity contribution in [2.75, 3.05) is 13.2 Å². The fourth-order valence-corrected chi connectivity index (χ4v) is 1.78. The van der Waals surface area contributed by atoms with E-state index in [2.05, 4.69) is 4.74 Å². The number of rotatable bonds is 3. The Hall–Kier alpha value is -2.21. The first-order valence-corrected chi connectivity index (χ1v) is 6.09. The number of carbonyl (C=O) groups is 2. The van der Waals surface area contributed by atoms with Crippen molar-refractivity contribution in [2.45, 2.75) is 13.0 Å². The van der Waals surface area contributed by atoms with Crippen LogP contribution in [0.25, 0.3) is 0 Å². The predicted molar refractivity (Wildman–Crippen MR) is 68.4 cm³/mol. The van der Waals surface area contributed by atoms with Gasteiger partial charge in [-0.15, -0.1) is 0 Å². The first-order chi connectivity index (χ1) is 9.49. The Morgan fingerprint density at radius 3 is 2.65 bits per heavy atom. The number of aryl methyl sites for hydroxylation is 1. The topological polar surface area (TPSA) is 66.8 Å². The molecule has 1 atom stereocenters. The summed E-state index contributed by atoms with van der Waals surface area (Å²) in [5, 5.41) is 9.81. The molecule has 0 spiro atoms. The second kappa shape index (κ2) is 5.83. The third-order valence-corrected chi connectivity index (χ3v) is 2.94. The number of carbonyl (C=O) groups excluding carboxylic acids is 2. The van der Waals surface area contributed by atoms with Gasteiger partial charge < -0.3 is 9.84 Å². The Balaban J connectivity index is 2.11. The van der Waals surface area contributed by atoms with Gasteiger partial charge in [0.2, 0.25) is 0 Å². The zero-order valence-corrected chi connectivity index (χ0v) is 10.9. The van der Waals surface area contributed by atoms with Crippen molar-refractivity contribution in [1.82, 2.24) is 4.90 Å². The van der Waals surface area contributed by atoms with Gasteiger partial charge in [-0.1, -0.05) is 29.8 Å². The van der Waals surface area contributed by atoms with Gasteiger partial charge in [0.25, 0.3) is 5.91 Å². The van der Waals surface area contributed by atoms with E-state index < -0.39 is 23.9 Å². The van der Waals surface area contributed by atoms with Crippen molar-refractivity contribution >= 4 is 12.0 Å². The molecule has 6 heteroatoms. The van der Waals surface area contributed by atoms with Crippen molar-refractivity contribution < 1.29 is 23.8 Å². The van der Waals surface area contributed by atoms with Crippen LogP contribution in [0, 0.1) is 6.92 Å². The third-order valence-electron chi connectivity index (χ3n) is 2.94. The molecule has 1 aromatic carbocycles. The van der Waals surface area contributed by atoms with Gasteiger partial charge in [0.05, 0.1) is 6.54 Å². The molecule has 1 fully saturated rings. The fraction of sp³-hybridized carbons (Fsp3) is 0.286. The zero-order valence-electron chi connectivity index (χ0n) is 10.9. The van der Waals surface area contributed by atoms with Crippen LogP contribution < -0.4 is 0 Å². The lowest BCUT2D eigenvalue weighted by Gasteiger charge is -2.11. The number of halogens is 1. The summed E-state index contributed by atoms with van der Waals surface area (Å²) in [5.74, 6) is -1.85. The molecule has 1 heterocycles. The van der Waals surface area contributed by atoms with Gasteiger partial charge in [-0.3, -0.25) is 4.79 Å². The molecule has 20 heavy (non-hydrogen) atoms. The van der Waals surface area contributed by atoms with Crippen molar-refractivity contribution in [3.8, 4) is 0 Å². The van der Waals surface area contributed by atoms with Crippen LogP contribution in [0.4, 0.5) is 9.18 Å². The van der Waals surface area contributed by atoms with E-state index in [0.29, 0.717) is 11.6 Å². The van der Waals surface area contributed by atoms with Gasteiger partial charge in [0, 0.05) is 6.08 Å². The molecule has 0 saturated carbocycles. The summed E-state index contributed by atoms with van der Waals surface area (Å²) < 4.78 is 18.4. The minimum Gasteiger partial charge on any atom is -0.447 e. The molecule has 0 bridgehead atoms. The molecule has 0 aromatic heterocycles. The SMILES string of the molecule is Cc1ccc(C(O)/C(F)=C\C(=O)N2CCOC2=O)cc1. The lowest BCUT2D eigenvalue weighted by molar-refractivity contribution is -0.122. The van der Waals surface area contributed by atoms with E-state index in [1.54, 1.807) is 24.3 Å². The Morgan fingerprint density at radius 2 is 2.10 bits per heavy atom. The summed E-state index contributed by atoms with van der Waals surface area (Å²) in [6.07, 6.45) is -1.72. The number of benzene rings is 1. The maximum atomic E-state index is 13.8. The Bertz CT molecular complexity index is 553. The molecular weight excluding hydrogens is 265 g/mol. The summed E-state index contributed by atoms with van der Waals surface area (Å²) in [6, 6.07) is 6.60. The standard InChI is InChI=1S/C14H14FNO4/c1-9-2-4-10(5-3-9)13(18)11(15)8-12(17)16-6-7-20-14(16)19/h2-5,8,13,18H,6-7H2,1H3/b11-8+. The van der Waals surface area contributed by atoms with Crippen LogP contribution in [0.3, 0.4) is 0 Å². The number of amides is 2. The molecule has 2 amide bonds. The van der Waals surface area contributed by atoms with Crippen molar-refractivity contribution in [3.63, 3.8) is 0 Å². The van der Waals surface area contributed by atoms with E-state index in [1.807, 2.05) is 6.92 Å². The summed E-state index contributed by atoms with van der Waals surface area (Å²) >= 11 is 0. The Labute approximate surface area is 115 Å². The van der Waals surface area contributed by atoms with Crippen LogP contribution in [-0.4, -0.2) is 35.2 Å². The normalized spacial score (nSPS) is 17.1. The van der Waals surface area contributed by atoms with Crippen molar-refractivity contribution in [3.05, 3.63) is 47.3 Å². The lowest BCUT2D eigenvalue weighted by Crippen LogP contribution is -2.30. The van der Waals surface area contributed by atoms with Crippen LogP contribution >= 0.6 is 0 Å². The van der Waals surface area contributed by atoms with Gasteiger partial charge >= 0.3 is 6.09 Å². The van der Waals surface area contributed by atoms with Crippen LogP contribution in [0.1, 0.15) is 17.2 Å². The second-order valence-corrected chi connectivity index (χ2v) is 4.45. The van der Waals surface area contributed by atoms with Crippen LogP contribution in [0.2, 0.25) is 0 Å². The number of aliphatic hydroxyl groups is 1. The summed E-state index contributed by atoms with van der Waals surface area (Å²) in [7, 11) is 0. The largest absolute Gasteiger partial charge is 0.447 e. The molecule has 1 aliphatic rings. The first-order valence-electron chi connectivity index (χ1n) is 6.09. The van der Waals surface area contributed by atoms with Gasteiger partial charge in [0.15, 0.2) is 0 Å². The van der Waals surface area contributed by atoms with E-state index >= 15 is 0 Å². The lowest BCUT2D eigenvalue weighted by atomic mass is 10.1. The summed E-state index contributed by atoms with van der Waals surface area (Å²) in [6.45, 7) is 2.05. The zero-order chi connectivity index (χ0) is 14.7. The summed E-state index contributed by atoms with van der Waals surface area (Å²) in [5.41, 5.74) is 1.31. The number of hydrogen-bond acceptors (Lipinski definition) is 4. The fourth-order valence-electron chi connectivity index (χ4n) is 1.78. The monoisotopic (exact) mass is 279 g/mol. The molecular formula is C14H14FNO4. The summed E-state index contributed by atoms with van der Waals surface area (Å²) in [4.78, 5) is 23.6. The highest BCUT2D eigenvalue weighted by molar-refractivity contribution is 5.99.